The van der Waals surface area contributed by atoms with Crippen molar-refractivity contribution in [2.24, 2.45) is 0 Å². The van der Waals surface area contributed by atoms with Gasteiger partial charge in [0.15, 0.2) is 0 Å². The van der Waals surface area contributed by atoms with Crippen molar-refractivity contribution < 1.29 is 13.2 Å². The molecule has 0 amide bonds. The minimum atomic E-state index is -4.15. The summed E-state index contributed by atoms with van der Waals surface area (Å²) in [7, 11) is 0. The quantitative estimate of drug-likeness (QED) is 0.704. The van der Waals surface area contributed by atoms with Gasteiger partial charge >= 0.3 is 6.18 Å². The van der Waals surface area contributed by atoms with Crippen LogP contribution in [0.15, 0.2) is 0 Å². The van der Waals surface area contributed by atoms with Gasteiger partial charge < -0.3 is 0 Å². The Morgan fingerprint density at radius 1 is 1.31 bits per heavy atom. The maximum atomic E-state index is 12.1. The molecule has 0 aromatic heterocycles. The Kier molecular flexibility index (Phi) is 5.29. The first-order chi connectivity index (χ1) is 5.79. The van der Waals surface area contributed by atoms with Gasteiger partial charge in [-0.3, -0.25) is 4.90 Å². The minimum absolute atomic E-state index is 0.0116. The molecular weight excluding hydrogens is 247 g/mol. The third-order valence-corrected chi connectivity index (χ3v) is 2.70. The Morgan fingerprint density at radius 3 is 2.00 bits per heavy atom. The lowest BCUT2D eigenvalue weighted by Gasteiger charge is -2.27. The molecule has 0 radical (unpaired) electrons. The second-order valence-corrected chi connectivity index (χ2v) is 4.30. The highest BCUT2D eigenvalue weighted by molar-refractivity contribution is 9.09. The molecule has 0 spiro atoms. The highest BCUT2D eigenvalue weighted by atomic mass is 79.9. The lowest BCUT2D eigenvalue weighted by Crippen LogP contribution is -2.40. The molecule has 0 aliphatic rings. The first-order valence-corrected chi connectivity index (χ1v) is 5.15. The standard InChI is InChI=1S/C8H15BrF3N/c1-4-13(6(2)3)5-7(9)8(10,11)12/h6-7H,4-5H2,1-3H3. The molecule has 1 atom stereocenters. The van der Waals surface area contributed by atoms with Crippen LogP contribution >= 0.6 is 15.9 Å². The lowest BCUT2D eigenvalue weighted by molar-refractivity contribution is -0.131. The molecule has 0 aromatic rings. The normalized spacial score (nSPS) is 15.5. The van der Waals surface area contributed by atoms with Crippen LogP contribution in [0.1, 0.15) is 20.8 Å². The largest absolute Gasteiger partial charge is 0.402 e. The fourth-order valence-electron chi connectivity index (χ4n) is 1.01. The summed E-state index contributed by atoms with van der Waals surface area (Å²) in [6, 6.07) is 0.146. The third kappa shape index (κ3) is 4.86. The average Bonchev–Trinajstić information content (AvgIpc) is 1.96. The van der Waals surface area contributed by atoms with Gasteiger partial charge in [-0.25, -0.2) is 0 Å². The van der Waals surface area contributed by atoms with Gasteiger partial charge in [-0.05, 0) is 20.4 Å². The van der Waals surface area contributed by atoms with Crippen molar-refractivity contribution in [2.45, 2.75) is 37.8 Å². The van der Waals surface area contributed by atoms with E-state index in [0.717, 1.165) is 0 Å². The molecule has 0 aromatic carbocycles. The van der Waals surface area contributed by atoms with E-state index in [9.17, 15) is 13.2 Å². The fraction of sp³-hybridized carbons (Fsp3) is 1.00. The molecule has 0 fully saturated rings. The third-order valence-electron chi connectivity index (χ3n) is 1.89. The van der Waals surface area contributed by atoms with Gasteiger partial charge in [0.2, 0.25) is 0 Å². The number of hydrogen-bond donors (Lipinski definition) is 0. The SMILES string of the molecule is CCN(CC(Br)C(F)(F)F)C(C)C. The Hall–Kier alpha value is 0.230. The van der Waals surface area contributed by atoms with Gasteiger partial charge in [0.25, 0.3) is 0 Å². The fourth-order valence-corrected chi connectivity index (χ4v) is 1.39. The van der Waals surface area contributed by atoms with E-state index in [1.54, 1.807) is 4.90 Å². The molecule has 13 heavy (non-hydrogen) atoms. The number of rotatable bonds is 4. The summed E-state index contributed by atoms with van der Waals surface area (Å²) < 4.78 is 36.4. The first kappa shape index (κ1) is 13.2. The number of halogens is 4. The molecule has 80 valence electrons. The molecule has 5 heteroatoms. The van der Waals surface area contributed by atoms with Gasteiger partial charge in [0.1, 0.15) is 4.83 Å². The van der Waals surface area contributed by atoms with Crippen LogP contribution in [0, 0.1) is 0 Å². The summed E-state index contributed by atoms with van der Waals surface area (Å²) in [5, 5.41) is 0. The van der Waals surface area contributed by atoms with Gasteiger partial charge in [0, 0.05) is 12.6 Å². The van der Waals surface area contributed by atoms with Crippen molar-refractivity contribution in [1.29, 1.82) is 0 Å². The van der Waals surface area contributed by atoms with Crippen LogP contribution in [0.5, 0.6) is 0 Å². The molecule has 0 N–H and O–H groups in total. The molecule has 0 saturated heterocycles. The topological polar surface area (TPSA) is 3.24 Å². The van der Waals surface area contributed by atoms with E-state index in [1.807, 2.05) is 20.8 Å². The van der Waals surface area contributed by atoms with E-state index in [4.69, 9.17) is 0 Å². The molecular formula is C8H15BrF3N. The van der Waals surface area contributed by atoms with Gasteiger partial charge in [-0.2, -0.15) is 13.2 Å². The van der Waals surface area contributed by atoms with Crippen molar-refractivity contribution in [3.05, 3.63) is 0 Å². The number of alkyl halides is 4. The van der Waals surface area contributed by atoms with Crippen LogP contribution in [0.4, 0.5) is 13.2 Å². The lowest BCUT2D eigenvalue weighted by atomic mass is 10.3. The predicted octanol–water partition coefficient (Wildman–Crippen LogP) is 3.04. The first-order valence-electron chi connectivity index (χ1n) is 4.23. The maximum absolute atomic E-state index is 12.1. The highest BCUT2D eigenvalue weighted by Crippen LogP contribution is 2.27. The predicted molar refractivity (Wildman–Crippen MR) is 51.2 cm³/mol. The minimum Gasteiger partial charge on any atom is -0.300 e. The Bertz CT molecular complexity index is 147. The smallest absolute Gasteiger partial charge is 0.300 e. The molecule has 0 bridgehead atoms. The van der Waals surface area contributed by atoms with Crippen molar-refractivity contribution >= 4 is 15.9 Å². The van der Waals surface area contributed by atoms with E-state index in [1.165, 1.54) is 0 Å². The molecule has 0 saturated carbocycles. The second-order valence-electron chi connectivity index (χ2n) is 3.19. The Labute approximate surface area is 85.4 Å². The van der Waals surface area contributed by atoms with Crippen molar-refractivity contribution in [3.63, 3.8) is 0 Å². The monoisotopic (exact) mass is 261 g/mol. The number of hydrogen-bond acceptors (Lipinski definition) is 1. The summed E-state index contributed by atoms with van der Waals surface area (Å²) in [5.41, 5.74) is 0. The van der Waals surface area contributed by atoms with E-state index in [0.29, 0.717) is 6.54 Å². The summed E-state index contributed by atoms with van der Waals surface area (Å²) >= 11 is 2.64. The van der Waals surface area contributed by atoms with Gasteiger partial charge in [0.05, 0.1) is 0 Å². The van der Waals surface area contributed by atoms with E-state index in [2.05, 4.69) is 15.9 Å². The second kappa shape index (κ2) is 5.20. The molecule has 1 unspecified atom stereocenters. The highest BCUT2D eigenvalue weighted by Gasteiger charge is 2.38. The van der Waals surface area contributed by atoms with E-state index in [-0.39, 0.29) is 12.6 Å². The Morgan fingerprint density at radius 2 is 1.77 bits per heavy atom. The van der Waals surface area contributed by atoms with E-state index < -0.39 is 11.0 Å². The molecule has 1 nitrogen and oxygen atoms in total. The summed E-state index contributed by atoms with van der Waals surface area (Å²) in [6.07, 6.45) is -4.15. The zero-order chi connectivity index (χ0) is 10.6. The summed E-state index contributed by atoms with van der Waals surface area (Å²) in [6.45, 7) is 6.28. The van der Waals surface area contributed by atoms with E-state index >= 15 is 0 Å². The Balaban J connectivity index is 4.09. The number of nitrogens with zero attached hydrogens (tertiary/aromatic N) is 1. The average molecular weight is 262 g/mol. The molecule has 0 heterocycles. The summed E-state index contributed by atoms with van der Waals surface area (Å²) in [5.74, 6) is 0. The van der Waals surface area contributed by atoms with Crippen molar-refractivity contribution in [2.75, 3.05) is 13.1 Å². The molecule has 0 aliphatic carbocycles. The van der Waals surface area contributed by atoms with Crippen LogP contribution in [0.3, 0.4) is 0 Å². The molecule has 0 aliphatic heterocycles. The van der Waals surface area contributed by atoms with Gasteiger partial charge in [-0.15, -0.1) is 0 Å². The van der Waals surface area contributed by atoms with Crippen LogP contribution in [-0.2, 0) is 0 Å². The van der Waals surface area contributed by atoms with Crippen molar-refractivity contribution in [1.82, 2.24) is 4.90 Å². The van der Waals surface area contributed by atoms with Crippen LogP contribution in [0.2, 0.25) is 0 Å². The maximum Gasteiger partial charge on any atom is 0.402 e. The van der Waals surface area contributed by atoms with Gasteiger partial charge in [-0.1, -0.05) is 22.9 Å². The summed E-state index contributed by atoms with van der Waals surface area (Å²) in [4.78, 5) is 0.342. The van der Waals surface area contributed by atoms with Crippen LogP contribution in [0.25, 0.3) is 0 Å². The molecule has 0 rings (SSSR count). The van der Waals surface area contributed by atoms with Crippen molar-refractivity contribution in [3.8, 4) is 0 Å². The zero-order valence-corrected chi connectivity index (χ0v) is 9.61. The van der Waals surface area contributed by atoms with Crippen LogP contribution < -0.4 is 0 Å². The zero-order valence-electron chi connectivity index (χ0n) is 8.03. The van der Waals surface area contributed by atoms with Crippen LogP contribution in [-0.4, -0.2) is 35.0 Å².